The second kappa shape index (κ2) is 6.28. The van der Waals surface area contributed by atoms with Gasteiger partial charge >= 0.3 is 6.03 Å². The van der Waals surface area contributed by atoms with Gasteiger partial charge in [0.2, 0.25) is 0 Å². The molecule has 0 unspecified atom stereocenters. The molecule has 0 aliphatic carbocycles. The number of piperazine rings is 1. The van der Waals surface area contributed by atoms with Crippen LogP contribution in [0.4, 0.5) is 10.5 Å². The van der Waals surface area contributed by atoms with Gasteiger partial charge in [-0.25, -0.2) is 4.79 Å². The summed E-state index contributed by atoms with van der Waals surface area (Å²) in [5, 5.41) is 2.95. The fourth-order valence-corrected chi connectivity index (χ4v) is 2.90. The average Bonchev–Trinajstić information content (AvgIpc) is 2.54. The number of rotatable bonds is 1. The molecule has 0 aromatic heterocycles. The molecule has 23 heavy (non-hydrogen) atoms. The molecular formula is C17H25N3O3. The molecule has 0 atom stereocenters. The van der Waals surface area contributed by atoms with E-state index >= 15 is 0 Å². The van der Waals surface area contributed by atoms with Crippen LogP contribution in [0.1, 0.15) is 20.8 Å². The maximum Gasteiger partial charge on any atom is 0.321 e. The zero-order valence-corrected chi connectivity index (χ0v) is 14.1. The highest BCUT2D eigenvalue weighted by Gasteiger charge is 2.27. The van der Waals surface area contributed by atoms with Crippen LogP contribution in [0.2, 0.25) is 0 Å². The number of nitrogens with one attached hydrogen (secondary N) is 1. The fourth-order valence-electron chi connectivity index (χ4n) is 2.90. The monoisotopic (exact) mass is 319 g/mol. The molecule has 1 aromatic rings. The van der Waals surface area contributed by atoms with Crippen molar-refractivity contribution in [2.45, 2.75) is 26.3 Å². The van der Waals surface area contributed by atoms with E-state index < -0.39 is 0 Å². The normalized spacial score (nSPS) is 18.7. The number of nitrogens with zero attached hydrogens (tertiary/aromatic N) is 2. The summed E-state index contributed by atoms with van der Waals surface area (Å²) in [6.07, 6.45) is 0. The van der Waals surface area contributed by atoms with Gasteiger partial charge in [0, 0.05) is 43.5 Å². The number of anilines is 1. The maximum atomic E-state index is 12.4. The van der Waals surface area contributed by atoms with Crippen molar-refractivity contribution in [2.75, 3.05) is 44.7 Å². The molecule has 1 saturated heterocycles. The largest absolute Gasteiger partial charge is 0.486 e. The smallest absolute Gasteiger partial charge is 0.321 e. The second-order valence-corrected chi connectivity index (χ2v) is 6.93. The number of benzene rings is 1. The lowest BCUT2D eigenvalue weighted by atomic mass is 10.1. The highest BCUT2D eigenvalue weighted by atomic mass is 16.6. The summed E-state index contributed by atoms with van der Waals surface area (Å²) in [5.74, 6) is 1.42. The topological polar surface area (TPSA) is 54.0 Å². The van der Waals surface area contributed by atoms with Gasteiger partial charge in [0.15, 0.2) is 11.5 Å². The van der Waals surface area contributed by atoms with Crippen molar-refractivity contribution < 1.29 is 14.3 Å². The number of hydrogen-bond donors (Lipinski definition) is 1. The zero-order chi connectivity index (χ0) is 16.4. The summed E-state index contributed by atoms with van der Waals surface area (Å²) < 4.78 is 11.0. The van der Waals surface area contributed by atoms with Gasteiger partial charge in [-0.1, -0.05) is 0 Å². The van der Waals surface area contributed by atoms with Crippen LogP contribution in [0.5, 0.6) is 11.5 Å². The Hall–Kier alpha value is -1.95. The number of urea groups is 1. The molecule has 0 radical (unpaired) electrons. The fraction of sp³-hybridized carbons (Fsp3) is 0.588. The highest BCUT2D eigenvalue weighted by molar-refractivity contribution is 5.89. The van der Waals surface area contributed by atoms with E-state index in [2.05, 4.69) is 31.0 Å². The molecule has 1 fully saturated rings. The molecule has 3 rings (SSSR count). The van der Waals surface area contributed by atoms with Crippen molar-refractivity contribution in [3.63, 3.8) is 0 Å². The van der Waals surface area contributed by atoms with Gasteiger partial charge in [0.25, 0.3) is 0 Å². The first kappa shape index (κ1) is 15.9. The third-order valence-electron chi connectivity index (χ3n) is 4.31. The van der Waals surface area contributed by atoms with Crippen LogP contribution in [0.3, 0.4) is 0 Å². The summed E-state index contributed by atoms with van der Waals surface area (Å²) >= 11 is 0. The Morgan fingerprint density at radius 3 is 2.35 bits per heavy atom. The lowest BCUT2D eigenvalue weighted by Gasteiger charge is -2.42. The van der Waals surface area contributed by atoms with Crippen LogP contribution in [0.15, 0.2) is 18.2 Å². The quantitative estimate of drug-likeness (QED) is 0.864. The zero-order valence-electron chi connectivity index (χ0n) is 14.1. The highest BCUT2D eigenvalue weighted by Crippen LogP contribution is 2.32. The Balaban J connectivity index is 1.58. The van der Waals surface area contributed by atoms with Crippen LogP contribution in [-0.4, -0.2) is 60.8 Å². The minimum absolute atomic E-state index is 0.0600. The third-order valence-corrected chi connectivity index (χ3v) is 4.31. The number of hydrogen-bond acceptors (Lipinski definition) is 4. The van der Waals surface area contributed by atoms with Gasteiger partial charge in [-0.05, 0) is 32.9 Å². The first-order valence-electron chi connectivity index (χ1n) is 8.14. The van der Waals surface area contributed by atoms with Crippen molar-refractivity contribution in [1.29, 1.82) is 0 Å². The van der Waals surface area contributed by atoms with Crippen molar-refractivity contribution >= 4 is 11.7 Å². The van der Waals surface area contributed by atoms with Crippen molar-refractivity contribution in [3.8, 4) is 11.5 Å². The second-order valence-electron chi connectivity index (χ2n) is 6.93. The van der Waals surface area contributed by atoms with Gasteiger partial charge in [0.05, 0.1) is 0 Å². The van der Waals surface area contributed by atoms with Gasteiger partial charge in [0.1, 0.15) is 13.2 Å². The van der Waals surface area contributed by atoms with Crippen LogP contribution in [0, 0.1) is 0 Å². The minimum Gasteiger partial charge on any atom is -0.486 e. The molecule has 0 bridgehead atoms. The lowest BCUT2D eigenvalue weighted by molar-refractivity contribution is 0.0774. The first-order chi connectivity index (χ1) is 10.9. The summed E-state index contributed by atoms with van der Waals surface area (Å²) in [4.78, 5) is 16.7. The molecule has 6 heteroatoms. The Kier molecular flexibility index (Phi) is 4.35. The first-order valence-corrected chi connectivity index (χ1v) is 8.14. The number of carbonyl (C=O) groups is 1. The van der Waals surface area contributed by atoms with Gasteiger partial charge in [-0.15, -0.1) is 0 Å². The van der Waals surface area contributed by atoms with E-state index in [-0.39, 0.29) is 11.6 Å². The summed E-state index contributed by atoms with van der Waals surface area (Å²) in [7, 11) is 0. The van der Waals surface area contributed by atoms with Gasteiger partial charge < -0.3 is 19.7 Å². The lowest BCUT2D eigenvalue weighted by Crippen LogP contribution is -2.55. The van der Waals surface area contributed by atoms with Gasteiger partial charge in [-0.2, -0.15) is 0 Å². The molecule has 0 saturated carbocycles. The Bertz CT molecular complexity index is 575. The predicted molar refractivity (Wildman–Crippen MR) is 89.3 cm³/mol. The van der Waals surface area contributed by atoms with E-state index in [0.29, 0.717) is 19.0 Å². The van der Waals surface area contributed by atoms with Crippen molar-refractivity contribution in [1.82, 2.24) is 9.80 Å². The SMILES string of the molecule is CC(C)(C)N1CCN(C(=O)Nc2ccc3c(c2)OCCO3)CC1. The van der Waals surface area contributed by atoms with E-state index in [1.807, 2.05) is 23.1 Å². The molecule has 126 valence electrons. The number of ether oxygens (including phenoxy) is 2. The van der Waals surface area contributed by atoms with Crippen LogP contribution in [-0.2, 0) is 0 Å². The van der Waals surface area contributed by atoms with E-state index in [1.54, 1.807) is 0 Å². The molecule has 2 aliphatic rings. The molecule has 2 aliphatic heterocycles. The molecule has 6 nitrogen and oxygen atoms in total. The summed E-state index contributed by atoms with van der Waals surface area (Å²) in [5.41, 5.74) is 0.885. The van der Waals surface area contributed by atoms with Crippen molar-refractivity contribution in [2.24, 2.45) is 0 Å². The summed E-state index contributed by atoms with van der Waals surface area (Å²) in [6.45, 7) is 11.0. The standard InChI is InChI=1S/C17H25N3O3/c1-17(2,3)20-8-6-19(7-9-20)16(21)18-13-4-5-14-15(12-13)23-11-10-22-14/h4-5,12H,6-11H2,1-3H3,(H,18,21). The van der Waals surface area contributed by atoms with E-state index in [4.69, 9.17) is 9.47 Å². The van der Waals surface area contributed by atoms with E-state index in [1.165, 1.54) is 0 Å². The average molecular weight is 319 g/mol. The molecule has 1 N–H and O–H groups in total. The van der Waals surface area contributed by atoms with Crippen LogP contribution in [0.25, 0.3) is 0 Å². The number of carbonyl (C=O) groups excluding carboxylic acids is 1. The molecule has 2 heterocycles. The van der Waals surface area contributed by atoms with E-state index in [0.717, 1.165) is 37.6 Å². The predicted octanol–water partition coefficient (Wildman–Crippen LogP) is 2.41. The molecule has 1 aromatic carbocycles. The Morgan fingerprint density at radius 2 is 1.70 bits per heavy atom. The van der Waals surface area contributed by atoms with Gasteiger partial charge in [-0.3, -0.25) is 4.90 Å². The van der Waals surface area contributed by atoms with Crippen molar-refractivity contribution in [3.05, 3.63) is 18.2 Å². The maximum absolute atomic E-state index is 12.4. The molecule has 0 spiro atoms. The third kappa shape index (κ3) is 3.69. The summed E-state index contributed by atoms with van der Waals surface area (Å²) in [6, 6.07) is 5.44. The molecular weight excluding hydrogens is 294 g/mol. The van der Waals surface area contributed by atoms with Crippen LogP contribution < -0.4 is 14.8 Å². The Labute approximate surface area is 137 Å². The van der Waals surface area contributed by atoms with Crippen LogP contribution >= 0.6 is 0 Å². The number of fused-ring (bicyclic) bond motifs is 1. The minimum atomic E-state index is -0.0600. The number of amides is 2. The van der Waals surface area contributed by atoms with E-state index in [9.17, 15) is 4.79 Å². The molecule has 2 amide bonds. The Morgan fingerprint density at radius 1 is 1.04 bits per heavy atom.